The number of rotatable bonds is 7. The molecule has 0 unspecified atom stereocenters. The van der Waals surface area contributed by atoms with Gasteiger partial charge in [-0.2, -0.15) is 0 Å². The second-order valence-electron chi connectivity index (χ2n) is 8.65. The highest BCUT2D eigenvalue weighted by Crippen LogP contribution is 2.24. The highest BCUT2D eigenvalue weighted by molar-refractivity contribution is 5.99. The van der Waals surface area contributed by atoms with Crippen LogP contribution in [-0.4, -0.2) is 38.3 Å². The lowest BCUT2D eigenvalue weighted by Crippen LogP contribution is -2.53. The number of aromatic hydroxyl groups is 1. The van der Waals surface area contributed by atoms with Gasteiger partial charge in [-0.25, -0.2) is 8.78 Å². The molecule has 0 fully saturated rings. The Morgan fingerprint density at radius 3 is 2.68 bits per heavy atom. The van der Waals surface area contributed by atoms with Crippen LogP contribution in [0.3, 0.4) is 0 Å². The van der Waals surface area contributed by atoms with Crippen molar-refractivity contribution in [2.45, 2.75) is 26.6 Å². The summed E-state index contributed by atoms with van der Waals surface area (Å²) in [5.41, 5.74) is -1.43. The number of halogens is 2. The van der Waals surface area contributed by atoms with Gasteiger partial charge >= 0.3 is 0 Å². The van der Waals surface area contributed by atoms with E-state index in [9.17, 15) is 28.3 Å². The first-order valence-electron chi connectivity index (χ1n) is 11.4. The number of furan rings is 1. The first-order valence-corrected chi connectivity index (χ1v) is 11.4. The predicted octanol–water partition coefficient (Wildman–Crippen LogP) is 2.40. The SMILES string of the molecule is Cc1cc(CN2CN(Cc3ccco3)C(=O)c3c(O)c(=O)c(C(=O)NCc4ccc(F)cc4F)cn32)no1. The molecule has 0 radical (unpaired) electrons. The number of fused-ring (bicyclic) bond motifs is 1. The van der Waals surface area contributed by atoms with Crippen LogP contribution in [0.1, 0.15) is 43.6 Å². The molecule has 1 aromatic carbocycles. The molecular weight excluding hydrogens is 504 g/mol. The van der Waals surface area contributed by atoms with Crippen LogP contribution in [0.2, 0.25) is 0 Å². The van der Waals surface area contributed by atoms with Crippen molar-refractivity contribution in [3.63, 3.8) is 0 Å². The van der Waals surface area contributed by atoms with E-state index in [0.717, 1.165) is 18.3 Å². The molecule has 38 heavy (non-hydrogen) atoms. The van der Waals surface area contributed by atoms with Crippen molar-refractivity contribution in [2.75, 3.05) is 11.7 Å². The van der Waals surface area contributed by atoms with Gasteiger partial charge in [0, 0.05) is 30.4 Å². The van der Waals surface area contributed by atoms with Gasteiger partial charge in [-0.1, -0.05) is 11.2 Å². The van der Waals surface area contributed by atoms with Crippen LogP contribution in [0.15, 0.2) is 62.6 Å². The van der Waals surface area contributed by atoms with Crippen LogP contribution < -0.4 is 15.8 Å². The van der Waals surface area contributed by atoms with Crippen molar-refractivity contribution in [3.8, 4) is 5.75 Å². The van der Waals surface area contributed by atoms with Gasteiger partial charge in [0.25, 0.3) is 11.8 Å². The topological polar surface area (TPSA) is 134 Å². The Bertz CT molecular complexity index is 1580. The normalized spacial score (nSPS) is 13.1. The molecule has 0 saturated carbocycles. The van der Waals surface area contributed by atoms with Crippen LogP contribution in [0, 0.1) is 18.6 Å². The van der Waals surface area contributed by atoms with E-state index in [2.05, 4.69) is 10.5 Å². The van der Waals surface area contributed by atoms with Crippen molar-refractivity contribution in [3.05, 3.63) is 105 Å². The van der Waals surface area contributed by atoms with Crippen molar-refractivity contribution in [1.29, 1.82) is 0 Å². The maximum absolute atomic E-state index is 14.0. The van der Waals surface area contributed by atoms with Crippen LogP contribution in [0.25, 0.3) is 0 Å². The predicted molar refractivity (Wildman–Crippen MR) is 127 cm³/mol. The monoisotopic (exact) mass is 525 g/mol. The van der Waals surface area contributed by atoms with E-state index in [4.69, 9.17) is 8.94 Å². The molecule has 5 rings (SSSR count). The zero-order chi connectivity index (χ0) is 27.0. The third kappa shape index (κ3) is 4.73. The molecular formula is C25H21F2N5O6. The highest BCUT2D eigenvalue weighted by atomic mass is 19.1. The molecule has 2 N–H and O–H groups in total. The van der Waals surface area contributed by atoms with Crippen molar-refractivity contribution >= 4 is 11.8 Å². The highest BCUT2D eigenvalue weighted by Gasteiger charge is 2.35. The molecule has 0 bridgehead atoms. The van der Waals surface area contributed by atoms with Crippen LogP contribution in [0.4, 0.5) is 8.78 Å². The molecule has 0 atom stereocenters. The summed E-state index contributed by atoms with van der Waals surface area (Å²) in [6, 6.07) is 7.89. The van der Waals surface area contributed by atoms with Crippen LogP contribution >= 0.6 is 0 Å². The summed E-state index contributed by atoms with van der Waals surface area (Å²) in [7, 11) is 0. The minimum absolute atomic E-state index is 0.00573. The molecule has 4 heterocycles. The van der Waals surface area contributed by atoms with Crippen molar-refractivity contribution in [1.82, 2.24) is 20.0 Å². The maximum Gasteiger partial charge on any atom is 0.278 e. The summed E-state index contributed by atoms with van der Waals surface area (Å²) in [4.78, 5) is 40.5. The summed E-state index contributed by atoms with van der Waals surface area (Å²) >= 11 is 0. The summed E-state index contributed by atoms with van der Waals surface area (Å²) < 4.78 is 38.8. The standard InChI is InChI=1S/C25H21F2N5O6/c1-14-7-17(29-38-14)10-31-13-30(11-18-3-2-6-37-18)25(36)21-23(34)22(33)19(12-32(21)31)24(35)28-9-15-4-5-16(26)8-20(15)27/h2-8,12,34H,9-11,13H2,1H3,(H,28,35). The van der Waals surface area contributed by atoms with Crippen molar-refractivity contribution < 1.29 is 32.4 Å². The van der Waals surface area contributed by atoms with Crippen LogP contribution in [0.5, 0.6) is 5.75 Å². The van der Waals surface area contributed by atoms with E-state index in [0.29, 0.717) is 23.3 Å². The average molecular weight is 525 g/mol. The van der Waals surface area contributed by atoms with Gasteiger partial charge < -0.3 is 24.3 Å². The summed E-state index contributed by atoms with van der Waals surface area (Å²) in [6.45, 7) is 1.51. The van der Waals surface area contributed by atoms with E-state index in [1.165, 1.54) is 15.8 Å². The van der Waals surface area contributed by atoms with Gasteiger partial charge in [0.1, 0.15) is 41.1 Å². The zero-order valence-corrected chi connectivity index (χ0v) is 20.0. The van der Waals surface area contributed by atoms with Gasteiger partial charge in [0.05, 0.1) is 19.4 Å². The lowest BCUT2D eigenvalue weighted by Gasteiger charge is -2.39. The Hall–Kier alpha value is -4.94. The van der Waals surface area contributed by atoms with Crippen molar-refractivity contribution in [2.24, 2.45) is 0 Å². The number of nitrogens with one attached hydrogen (secondary N) is 1. The van der Waals surface area contributed by atoms with Gasteiger partial charge in [-0.3, -0.25) is 24.1 Å². The van der Waals surface area contributed by atoms with E-state index >= 15 is 0 Å². The fourth-order valence-electron chi connectivity index (χ4n) is 4.11. The quantitative estimate of drug-likeness (QED) is 0.376. The second kappa shape index (κ2) is 9.84. The number of aryl methyl sites for hydroxylation is 1. The smallest absolute Gasteiger partial charge is 0.278 e. The van der Waals surface area contributed by atoms with Gasteiger partial charge in [0.15, 0.2) is 11.4 Å². The van der Waals surface area contributed by atoms with E-state index < -0.39 is 40.2 Å². The third-order valence-electron chi connectivity index (χ3n) is 5.94. The number of hydrogen-bond acceptors (Lipinski definition) is 8. The van der Waals surface area contributed by atoms with E-state index in [1.54, 1.807) is 30.1 Å². The third-order valence-corrected chi connectivity index (χ3v) is 5.94. The first-order chi connectivity index (χ1) is 18.2. The van der Waals surface area contributed by atoms with Gasteiger partial charge in [-0.05, 0) is 25.1 Å². The molecule has 2 amide bonds. The Labute approximate surface area is 213 Å². The fraction of sp³-hybridized carbons (Fsp3) is 0.200. The number of nitrogens with zero attached hydrogens (tertiary/aromatic N) is 4. The van der Waals surface area contributed by atoms with E-state index in [-0.39, 0.29) is 37.6 Å². The average Bonchev–Trinajstić information content (AvgIpc) is 3.54. The molecule has 0 aliphatic carbocycles. The summed E-state index contributed by atoms with van der Waals surface area (Å²) in [5.74, 6) is -3.13. The number of pyridine rings is 1. The molecule has 1 aliphatic heterocycles. The number of carbonyl (C=O) groups excluding carboxylic acids is 2. The first kappa shape index (κ1) is 24.7. The summed E-state index contributed by atoms with van der Waals surface area (Å²) in [6.07, 6.45) is 2.58. The van der Waals surface area contributed by atoms with Gasteiger partial charge in [-0.15, -0.1) is 0 Å². The molecule has 11 nitrogen and oxygen atoms in total. The zero-order valence-electron chi connectivity index (χ0n) is 20.0. The Morgan fingerprint density at radius 1 is 1.18 bits per heavy atom. The lowest BCUT2D eigenvalue weighted by molar-refractivity contribution is 0.0655. The largest absolute Gasteiger partial charge is 0.502 e. The number of amides is 2. The fourth-order valence-corrected chi connectivity index (χ4v) is 4.11. The number of aromatic nitrogens is 2. The molecule has 196 valence electrons. The van der Waals surface area contributed by atoms with Crippen LogP contribution in [-0.2, 0) is 19.6 Å². The number of carbonyl (C=O) groups is 2. The Balaban J connectivity index is 1.49. The summed E-state index contributed by atoms with van der Waals surface area (Å²) in [5, 5.41) is 18.7. The lowest BCUT2D eigenvalue weighted by atomic mass is 10.1. The molecule has 4 aromatic rings. The van der Waals surface area contributed by atoms with Gasteiger partial charge in [0.2, 0.25) is 5.43 Å². The van der Waals surface area contributed by atoms with E-state index in [1.807, 2.05) is 0 Å². The Kier molecular flexibility index (Phi) is 6.41. The number of hydrogen-bond donors (Lipinski definition) is 2. The maximum atomic E-state index is 14.0. The molecule has 13 heteroatoms. The Morgan fingerprint density at radius 2 is 2.00 bits per heavy atom. The number of benzene rings is 1. The molecule has 0 spiro atoms. The minimum Gasteiger partial charge on any atom is -0.502 e. The molecule has 0 saturated heterocycles. The molecule has 1 aliphatic rings. The molecule has 3 aromatic heterocycles. The second-order valence-corrected chi connectivity index (χ2v) is 8.65. The minimum atomic E-state index is -1.08.